The fourth-order valence-corrected chi connectivity index (χ4v) is 4.02. The van der Waals surface area contributed by atoms with E-state index in [1.165, 1.54) is 24.3 Å². The molecule has 6 heteroatoms. The lowest BCUT2D eigenvalue weighted by Crippen LogP contribution is -2.13. The molecule has 0 radical (unpaired) electrons. The summed E-state index contributed by atoms with van der Waals surface area (Å²) in [6, 6.07) is 20.5. The Labute approximate surface area is 188 Å². The monoisotopic (exact) mass is 437 g/mol. The highest BCUT2D eigenvalue weighted by molar-refractivity contribution is 6.05. The summed E-state index contributed by atoms with van der Waals surface area (Å²) >= 11 is 0. The molecule has 0 unspecified atom stereocenters. The van der Waals surface area contributed by atoms with E-state index in [1.54, 1.807) is 18.2 Å². The number of anilines is 1. The van der Waals surface area contributed by atoms with Crippen molar-refractivity contribution in [1.82, 2.24) is 0 Å². The van der Waals surface area contributed by atoms with Gasteiger partial charge in [0, 0.05) is 22.9 Å². The highest BCUT2D eigenvalue weighted by Gasteiger charge is 2.24. The Morgan fingerprint density at radius 2 is 1.64 bits per heavy atom. The molecule has 4 aromatic rings. The standard InChI is InChI=1S/C27H19NO5/c29-24-21-13-11-20(28-26(30)17-6-8-18(9-7-17)27(31)32)15-23(21)33-25-19(10-12-22(24)25)14-16-4-2-1-3-5-16/h1-9,11,13-15H,10,12H2,(H,28,30)(H,31,32). The zero-order valence-corrected chi connectivity index (χ0v) is 17.5. The van der Waals surface area contributed by atoms with Crippen molar-refractivity contribution in [3.63, 3.8) is 0 Å². The molecule has 3 aromatic carbocycles. The summed E-state index contributed by atoms with van der Waals surface area (Å²) in [4.78, 5) is 36.6. The van der Waals surface area contributed by atoms with Crippen LogP contribution >= 0.6 is 0 Å². The second-order valence-electron chi connectivity index (χ2n) is 7.87. The number of carbonyl (C=O) groups excluding carboxylic acids is 1. The van der Waals surface area contributed by atoms with Gasteiger partial charge in [0.25, 0.3) is 5.91 Å². The van der Waals surface area contributed by atoms with Crippen molar-refractivity contribution < 1.29 is 19.1 Å². The smallest absolute Gasteiger partial charge is 0.335 e. The van der Waals surface area contributed by atoms with Crippen molar-refractivity contribution >= 4 is 40.2 Å². The predicted molar refractivity (Wildman–Crippen MR) is 126 cm³/mol. The Morgan fingerprint density at radius 3 is 2.36 bits per heavy atom. The number of carboxylic acids is 1. The Kier molecular flexibility index (Phi) is 5.11. The van der Waals surface area contributed by atoms with Gasteiger partial charge in [0.2, 0.25) is 0 Å². The van der Waals surface area contributed by atoms with Gasteiger partial charge in [0.05, 0.1) is 10.9 Å². The van der Waals surface area contributed by atoms with E-state index in [0.717, 1.165) is 17.6 Å². The summed E-state index contributed by atoms with van der Waals surface area (Å²) in [7, 11) is 0. The van der Waals surface area contributed by atoms with Crippen molar-refractivity contribution in [2.24, 2.45) is 0 Å². The summed E-state index contributed by atoms with van der Waals surface area (Å²) < 4.78 is 6.16. The lowest BCUT2D eigenvalue weighted by atomic mass is 10.1. The average molecular weight is 437 g/mol. The maximum atomic E-state index is 13.0. The number of carboxylic acid groups (broad SMARTS) is 1. The summed E-state index contributed by atoms with van der Waals surface area (Å²) in [5, 5.41) is 12.2. The number of fused-ring (bicyclic) bond motifs is 2. The van der Waals surface area contributed by atoms with Crippen LogP contribution in [0.5, 0.6) is 0 Å². The predicted octanol–water partition coefficient (Wildman–Crippen LogP) is 5.23. The molecule has 2 N–H and O–H groups in total. The van der Waals surface area contributed by atoms with Crippen LogP contribution in [0.15, 0.2) is 82.0 Å². The number of hydrogen-bond donors (Lipinski definition) is 2. The van der Waals surface area contributed by atoms with E-state index in [1.807, 2.05) is 36.4 Å². The van der Waals surface area contributed by atoms with E-state index in [4.69, 9.17) is 9.52 Å². The van der Waals surface area contributed by atoms with Gasteiger partial charge in [-0.3, -0.25) is 9.59 Å². The number of aromatic carboxylic acids is 1. The molecule has 0 bridgehead atoms. The van der Waals surface area contributed by atoms with Crippen LogP contribution < -0.4 is 10.7 Å². The Bertz CT molecular complexity index is 1480. The van der Waals surface area contributed by atoms with Crippen LogP contribution in [0, 0.1) is 0 Å². The van der Waals surface area contributed by atoms with Gasteiger partial charge in [-0.05, 0) is 66.5 Å². The summed E-state index contributed by atoms with van der Waals surface area (Å²) in [6.07, 6.45) is 3.40. The van der Waals surface area contributed by atoms with Crippen molar-refractivity contribution in [1.29, 1.82) is 0 Å². The third-order valence-corrected chi connectivity index (χ3v) is 5.71. The SMILES string of the molecule is O=C(O)c1ccc(C(=O)Nc2ccc3c(=O)c4c(oc3c2)C(=Cc2ccccc2)CC4)cc1. The van der Waals surface area contributed by atoms with Crippen molar-refractivity contribution in [3.8, 4) is 0 Å². The van der Waals surface area contributed by atoms with Crippen LogP contribution in [0.2, 0.25) is 0 Å². The van der Waals surface area contributed by atoms with Crippen molar-refractivity contribution in [2.75, 3.05) is 5.32 Å². The summed E-state index contributed by atoms with van der Waals surface area (Å²) in [5.74, 6) is -0.844. The molecule has 6 nitrogen and oxygen atoms in total. The third kappa shape index (κ3) is 3.94. The van der Waals surface area contributed by atoms with Gasteiger partial charge in [0.15, 0.2) is 5.43 Å². The van der Waals surface area contributed by atoms with E-state index in [2.05, 4.69) is 5.32 Å². The highest BCUT2D eigenvalue weighted by atomic mass is 16.4. The highest BCUT2D eigenvalue weighted by Crippen LogP contribution is 2.34. The van der Waals surface area contributed by atoms with Gasteiger partial charge in [-0.15, -0.1) is 0 Å². The molecule has 0 spiro atoms. The lowest BCUT2D eigenvalue weighted by molar-refractivity contribution is 0.0696. The molecule has 1 aliphatic rings. The molecule has 33 heavy (non-hydrogen) atoms. The first kappa shape index (κ1) is 20.5. The molecule has 1 aliphatic carbocycles. The number of hydrogen-bond acceptors (Lipinski definition) is 4. The topological polar surface area (TPSA) is 96.6 Å². The first-order chi connectivity index (χ1) is 16.0. The normalized spacial score (nSPS) is 13.8. The zero-order chi connectivity index (χ0) is 22.9. The fourth-order valence-electron chi connectivity index (χ4n) is 4.02. The molecule has 5 rings (SSSR count). The number of nitrogens with one attached hydrogen (secondary N) is 1. The molecule has 0 saturated heterocycles. The Hall–Kier alpha value is -4.45. The fraction of sp³-hybridized carbons (Fsp3) is 0.0741. The number of rotatable bonds is 4. The zero-order valence-electron chi connectivity index (χ0n) is 17.5. The molecule has 0 aliphatic heterocycles. The van der Waals surface area contributed by atoms with Gasteiger partial charge in [0.1, 0.15) is 11.3 Å². The number of benzene rings is 3. The number of allylic oxidation sites excluding steroid dienone is 1. The molecular weight excluding hydrogens is 418 g/mol. The molecule has 1 heterocycles. The minimum Gasteiger partial charge on any atom is -0.478 e. The molecule has 1 aromatic heterocycles. The first-order valence-corrected chi connectivity index (χ1v) is 10.5. The van der Waals surface area contributed by atoms with Crippen LogP contribution in [-0.2, 0) is 6.42 Å². The Balaban J connectivity index is 1.47. The lowest BCUT2D eigenvalue weighted by Gasteiger charge is -2.08. The number of amides is 1. The van der Waals surface area contributed by atoms with Crippen LogP contribution in [0.3, 0.4) is 0 Å². The third-order valence-electron chi connectivity index (χ3n) is 5.71. The van der Waals surface area contributed by atoms with E-state index in [0.29, 0.717) is 40.0 Å². The van der Waals surface area contributed by atoms with E-state index < -0.39 is 5.97 Å². The van der Waals surface area contributed by atoms with Crippen molar-refractivity contribution in [3.05, 3.63) is 111 Å². The largest absolute Gasteiger partial charge is 0.478 e. The van der Waals surface area contributed by atoms with Gasteiger partial charge < -0.3 is 14.8 Å². The van der Waals surface area contributed by atoms with Gasteiger partial charge in [-0.1, -0.05) is 30.3 Å². The van der Waals surface area contributed by atoms with Gasteiger partial charge in [-0.25, -0.2) is 4.79 Å². The molecular formula is C27H19NO5. The second-order valence-corrected chi connectivity index (χ2v) is 7.87. The molecule has 162 valence electrons. The maximum Gasteiger partial charge on any atom is 0.335 e. The molecule has 0 fully saturated rings. The maximum absolute atomic E-state index is 13.0. The van der Waals surface area contributed by atoms with Crippen LogP contribution in [-0.4, -0.2) is 17.0 Å². The molecule has 1 amide bonds. The summed E-state index contributed by atoms with van der Waals surface area (Å²) in [6.45, 7) is 0. The Morgan fingerprint density at radius 1 is 0.909 bits per heavy atom. The van der Waals surface area contributed by atoms with E-state index >= 15 is 0 Å². The first-order valence-electron chi connectivity index (χ1n) is 10.5. The van der Waals surface area contributed by atoms with E-state index in [9.17, 15) is 14.4 Å². The van der Waals surface area contributed by atoms with E-state index in [-0.39, 0.29) is 16.9 Å². The second kappa shape index (κ2) is 8.24. The van der Waals surface area contributed by atoms with Gasteiger partial charge >= 0.3 is 5.97 Å². The quantitative estimate of drug-likeness (QED) is 0.456. The number of carbonyl (C=O) groups is 2. The van der Waals surface area contributed by atoms with Crippen LogP contribution in [0.4, 0.5) is 5.69 Å². The molecule has 0 saturated carbocycles. The van der Waals surface area contributed by atoms with Crippen molar-refractivity contribution in [2.45, 2.75) is 12.8 Å². The molecule has 0 atom stereocenters. The van der Waals surface area contributed by atoms with Gasteiger partial charge in [-0.2, -0.15) is 0 Å². The minimum atomic E-state index is -1.06. The van der Waals surface area contributed by atoms with Crippen LogP contribution in [0.25, 0.3) is 22.6 Å². The average Bonchev–Trinajstić information content (AvgIpc) is 3.22. The van der Waals surface area contributed by atoms with Crippen LogP contribution in [0.1, 0.15) is 44.0 Å². The summed E-state index contributed by atoms with van der Waals surface area (Å²) in [5.41, 5.74) is 3.95. The minimum absolute atomic E-state index is 0.0511.